The van der Waals surface area contributed by atoms with Crippen LogP contribution in [0.5, 0.6) is 0 Å². The fourth-order valence-corrected chi connectivity index (χ4v) is 5.41. The Morgan fingerprint density at radius 2 is 1.97 bits per heavy atom. The fourth-order valence-electron chi connectivity index (χ4n) is 4.57. The van der Waals surface area contributed by atoms with Gasteiger partial charge in [0.05, 0.1) is 23.4 Å². The Labute approximate surface area is 190 Å². The number of aromatic nitrogens is 1. The van der Waals surface area contributed by atoms with Crippen LogP contribution in [0.4, 0.5) is 5.69 Å². The smallest absolute Gasteiger partial charge is 0.161 e. The third kappa shape index (κ3) is 3.37. The van der Waals surface area contributed by atoms with Crippen LogP contribution in [-0.4, -0.2) is 21.7 Å². The first-order valence-electron chi connectivity index (χ1n) is 10.6. The van der Waals surface area contributed by atoms with Crippen LogP contribution in [0, 0.1) is 12.3 Å². The van der Waals surface area contributed by atoms with Gasteiger partial charge < -0.3 is 5.11 Å². The van der Waals surface area contributed by atoms with Crippen molar-refractivity contribution in [3.05, 3.63) is 99.2 Å². The van der Waals surface area contributed by atoms with E-state index in [-0.39, 0.29) is 17.4 Å². The van der Waals surface area contributed by atoms with E-state index < -0.39 is 5.92 Å². The molecule has 1 aromatic carbocycles. The van der Waals surface area contributed by atoms with Gasteiger partial charge in [0.25, 0.3) is 0 Å². The molecule has 5 nitrogen and oxygen atoms in total. The summed E-state index contributed by atoms with van der Waals surface area (Å²) in [6.45, 7) is 1.99. The van der Waals surface area contributed by atoms with Crippen molar-refractivity contribution in [2.75, 3.05) is 4.90 Å². The van der Waals surface area contributed by atoms with E-state index in [2.05, 4.69) is 4.98 Å². The second-order valence-corrected chi connectivity index (χ2v) is 9.09. The van der Waals surface area contributed by atoms with Crippen LogP contribution >= 0.6 is 11.3 Å². The van der Waals surface area contributed by atoms with Gasteiger partial charge in [-0.05, 0) is 43.3 Å². The molecule has 3 aromatic rings. The van der Waals surface area contributed by atoms with Crippen molar-refractivity contribution in [2.24, 2.45) is 0 Å². The standard InChI is InChI=1S/C26H23N3O2S/c1-16-9-11-17(12-10-16)25(31)24-23(21-8-4-14-32-21)22-19(6-2-7-20(22)30)29(26(24)27)18-5-3-13-28-15-18/h3-5,8-15,23,27,31H,2,6-7H2,1H3/t23-/m1/s1. The first-order valence-corrected chi connectivity index (χ1v) is 11.5. The van der Waals surface area contributed by atoms with Gasteiger partial charge in [0.2, 0.25) is 0 Å². The van der Waals surface area contributed by atoms with Gasteiger partial charge in [-0.1, -0.05) is 35.9 Å². The van der Waals surface area contributed by atoms with E-state index in [4.69, 9.17) is 0 Å². The van der Waals surface area contributed by atoms with E-state index in [1.807, 2.05) is 60.8 Å². The van der Waals surface area contributed by atoms with E-state index in [1.54, 1.807) is 28.6 Å². The van der Waals surface area contributed by atoms with Crippen LogP contribution in [0.15, 0.2) is 83.1 Å². The van der Waals surface area contributed by atoms with Crippen molar-refractivity contribution in [1.82, 2.24) is 4.98 Å². The molecule has 0 bridgehead atoms. The number of hydrogen-bond acceptors (Lipinski definition) is 5. The third-order valence-corrected chi connectivity index (χ3v) is 7.00. The molecule has 2 aliphatic rings. The molecule has 0 saturated heterocycles. The van der Waals surface area contributed by atoms with Gasteiger partial charge in [0.15, 0.2) is 5.78 Å². The summed E-state index contributed by atoms with van der Waals surface area (Å²) in [6, 6.07) is 15.2. The number of aliphatic hydroxyl groups excluding tert-OH is 1. The van der Waals surface area contributed by atoms with E-state index in [0.717, 1.165) is 28.2 Å². The number of nitrogens with zero attached hydrogens (tertiary/aromatic N) is 2. The Hall–Kier alpha value is -3.51. The molecule has 2 aromatic heterocycles. The summed E-state index contributed by atoms with van der Waals surface area (Å²) in [4.78, 5) is 20.3. The monoisotopic (exact) mass is 441 g/mol. The predicted octanol–water partition coefficient (Wildman–Crippen LogP) is 6.01. The van der Waals surface area contributed by atoms with Crippen molar-refractivity contribution in [1.29, 1.82) is 5.41 Å². The lowest BCUT2D eigenvalue weighted by molar-refractivity contribution is -0.116. The first-order chi connectivity index (χ1) is 15.6. The summed E-state index contributed by atoms with van der Waals surface area (Å²) >= 11 is 1.55. The van der Waals surface area contributed by atoms with Gasteiger partial charge in [0.1, 0.15) is 11.6 Å². The van der Waals surface area contributed by atoms with Crippen LogP contribution < -0.4 is 4.90 Å². The van der Waals surface area contributed by atoms with E-state index in [9.17, 15) is 15.3 Å². The van der Waals surface area contributed by atoms with Crippen molar-refractivity contribution in [3.63, 3.8) is 0 Å². The molecule has 5 rings (SSSR count). The maximum absolute atomic E-state index is 13.3. The highest BCUT2D eigenvalue weighted by molar-refractivity contribution is 7.10. The quantitative estimate of drug-likeness (QED) is 0.488. The number of nitrogens with one attached hydrogen (secondary N) is 1. The van der Waals surface area contributed by atoms with Gasteiger partial charge >= 0.3 is 0 Å². The molecule has 160 valence electrons. The molecule has 2 N–H and O–H groups in total. The number of thiophene rings is 1. The topological polar surface area (TPSA) is 77.3 Å². The molecule has 1 atom stereocenters. The Morgan fingerprint density at radius 1 is 1.16 bits per heavy atom. The zero-order chi connectivity index (χ0) is 22.2. The molecule has 0 amide bonds. The molecule has 3 heterocycles. The number of hydrogen-bond donors (Lipinski definition) is 2. The van der Waals surface area contributed by atoms with Gasteiger partial charge in [-0.15, -0.1) is 11.3 Å². The maximum atomic E-state index is 13.3. The highest BCUT2D eigenvalue weighted by Crippen LogP contribution is 2.48. The number of aliphatic hydroxyl groups is 1. The number of ketones is 1. The van der Waals surface area contributed by atoms with E-state index >= 15 is 0 Å². The lowest BCUT2D eigenvalue weighted by Gasteiger charge is -2.41. The molecule has 1 aliphatic heterocycles. The van der Waals surface area contributed by atoms with Crippen molar-refractivity contribution < 1.29 is 9.90 Å². The van der Waals surface area contributed by atoms with Gasteiger partial charge in [-0.3, -0.25) is 20.1 Å². The predicted molar refractivity (Wildman–Crippen MR) is 128 cm³/mol. The highest BCUT2D eigenvalue weighted by Gasteiger charge is 2.43. The Morgan fingerprint density at radius 3 is 2.66 bits per heavy atom. The van der Waals surface area contributed by atoms with Gasteiger partial charge in [-0.2, -0.15) is 0 Å². The average Bonchev–Trinajstić information content (AvgIpc) is 3.34. The Kier molecular flexibility index (Phi) is 5.23. The summed E-state index contributed by atoms with van der Waals surface area (Å²) < 4.78 is 0. The first kappa shape index (κ1) is 20.4. The number of rotatable bonds is 3. The number of allylic oxidation sites excluding steroid dienone is 2. The minimum atomic E-state index is -0.459. The van der Waals surface area contributed by atoms with E-state index in [0.29, 0.717) is 29.6 Å². The number of carbonyl (C=O) groups is 1. The molecule has 1 aliphatic carbocycles. The zero-order valence-corrected chi connectivity index (χ0v) is 18.5. The summed E-state index contributed by atoms with van der Waals surface area (Å²) in [5, 5.41) is 22.7. The maximum Gasteiger partial charge on any atom is 0.161 e. The van der Waals surface area contributed by atoms with Crippen molar-refractivity contribution >= 4 is 34.4 Å². The molecule has 0 unspecified atom stereocenters. The van der Waals surface area contributed by atoms with Gasteiger partial charge in [0, 0.05) is 34.3 Å². The average molecular weight is 442 g/mol. The minimum absolute atomic E-state index is 0.0345. The highest BCUT2D eigenvalue weighted by atomic mass is 32.1. The summed E-state index contributed by atoms with van der Waals surface area (Å²) in [5.74, 6) is -0.157. The van der Waals surface area contributed by atoms with Crippen LogP contribution in [-0.2, 0) is 4.79 Å². The van der Waals surface area contributed by atoms with Crippen molar-refractivity contribution in [3.8, 4) is 0 Å². The summed E-state index contributed by atoms with van der Waals surface area (Å²) in [5.41, 5.74) is 4.43. The molecule has 0 saturated carbocycles. The number of benzene rings is 1. The second-order valence-electron chi connectivity index (χ2n) is 8.11. The molecular weight excluding hydrogens is 418 g/mol. The SMILES string of the molecule is Cc1ccc(C(O)=C2C(=N)N(c3cccnc3)C3=C(C(=O)CCC3)[C@H]2c2cccs2)cc1. The number of pyridine rings is 1. The lowest BCUT2D eigenvalue weighted by Crippen LogP contribution is -2.42. The van der Waals surface area contributed by atoms with Crippen molar-refractivity contribution in [2.45, 2.75) is 32.1 Å². The Bertz CT molecular complexity index is 1240. The normalized spacial score (nSPS) is 20.4. The molecular formula is C26H23N3O2S. The number of carbonyl (C=O) groups excluding carboxylic acids is 1. The zero-order valence-electron chi connectivity index (χ0n) is 17.7. The number of Topliss-reactive ketones (excluding diaryl/α,β-unsaturated/α-hetero) is 1. The lowest BCUT2D eigenvalue weighted by atomic mass is 9.76. The molecule has 6 heteroatoms. The Balaban J connectivity index is 1.81. The number of aryl methyl sites for hydroxylation is 1. The fraction of sp³-hybridized carbons (Fsp3) is 0.192. The molecule has 0 fully saturated rings. The van der Waals surface area contributed by atoms with Crippen LogP contribution in [0.2, 0.25) is 0 Å². The van der Waals surface area contributed by atoms with E-state index in [1.165, 1.54) is 0 Å². The largest absolute Gasteiger partial charge is 0.507 e. The molecule has 0 radical (unpaired) electrons. The number of anilines is 1. The van der Waals surface area contributed by atoms with Gasteiger partial charge in [-0.25, -0.2) is 0 Å². The molecule has 0 spiro atoms. The minimum Gasteiger partial charge on any atom is -0.507 e. The summed E-state index contributed by atoms with van der Waals surface area (Å²) in [7, 11) is 0. The third-order valence-electron chi connectivity index (χ3n) is 6.07. The summed E-state index contributed by atoms with van der Waals surface area (Å²) in [6.07, 6.45) is 5.33. The number of amidine groups is 1. The van der Waals surface area contributed by atoms with Crippen LogP contribution in [0.25, 0.3) is 5.76 Å². The van der Waals surface area contributed by atoms with Crippen LogP contribution in [0.1, 0.15) is 41.2 Å². The second kappa shape index (κ2) is 8.20. The molecule has 32 heavy (non-hydrogen) atoms. The van der Waals surface area contributed by atoms with Crippen LogP contribution in [0.3, 0.4) is 0 Å².